The lowest BCUT2D eigenvalue weighted by Gasteiger charge is -2.27. The van der Waals surface area contributed by atoms with E-state index in [4.69, 9.17) is 27.4 Å². The van der Waals surface area contributed by atoms with Crippen molar-refractivity contribution in [3.05, 3.63) is 0 Å². The number of unbranched alkanes of at least 4 members (excludes halogenated alkanes) is 1. The monoisotopic (exact) mass is 293 g/mol. The van der Waals surface area contributed by atoms with E-state index in [-0.39, 0.29) is 12.8 Å². The third kappa shape index (κ3) is 6.26. The molecule has 0 aliphatic rings. The van der Waals surface area contributed by atoms with Gasteiger partial charge in [0, 0.05) is 6.42 Å². The summed E-state index contributed by atoms with van der Waals surface area (Å²) < 4.78 is 4.64. The summed E-state index contributed by atoms with van der Waals surface area (Å²) in [7, 11) is 0. The van der Waals surface area contributed by atoms with Crippen LogP contribution in [-0.4, -0.2) is 51.4 Å². The molecule has 0 aromatic rings. The molecular weight excluding hydrogens is 270 g/mol. The molecule has 0 fully saturated rings. The van der Waals surface area contributed by atoms with Gasteiger partial charge in [0.1, 0.15) is 0 Å². The molecule has 9 heteroatoms. The minimum absolute atomic E-state index is 0.00338. The average molecular weight is 293 g/mol. The van der Waals surface area contributed by atoms with Crippen molar-refractivity contribution >= 4 is 11.9 Å². The van der Waals surface area contributed by atoms with Gasteiger partial charge in [-0.25, -0.2) is 4.79 Å². The van der Waals surface area contributed by atoms with Gasteiger partial charge in [-0.2, -0.15) is 0 Å². The van der Waals surface area contributed by atoms with Crippen molar-refractivity contribution in [3.63, 3.8) is 0 Å². The molecule has 2 atom stereocenters. The highest BCUT2D eigenvalue weighted by atomic mass is 16.6. The van der Waals surface area contributed by atoms with Crippen LogP contribution in [0.5, 0.6) is 0 Å². The minimum atomic E-state index is -1.82. The average Bonchev–Trinajstić information content (AvgIpc) is 2.34. The zero-order valence-corrected chi connectivity index (χ0v) is 11.4. The number of esters is 1. The van der Waals surface area contributed by atoms with Crippen molar-refractivity contribution < 1.29 is 29.6 Å². The SMILES string of the molecule is CC(N)(CO)C(O)OC(=O)CCCCC(N)(N)C(=O)O. The first-order valence-corrected chi connectivity index (χ1v) is 6.11. The lowest BCUT2D eigenvalue weighted by atomic mass is 10.0. The van der Waals surface area contributed by atoms with Gasteiger partial charge >= 0.3 is 11.9 Å². The molecule has 0 aliphatic heterocycles. The van der Waals surface area contributed by atoms with E-state index in [9.17, 15) is 14.7 Å². The van der Waals surface area contributed by atoms with E-state index in [1.165, 1.54) is 6.92 Å². The smallest absolute Gasteiger partial charge is 0.338 e. The molecule has 0 rings (SSSR count). The number of aliphatic hydroxyl groups excluding tert-OH is 2. The van der Waals surface area contributed by atoms with Gasteiger partial charge in [-0.3, -0.25) is 4.79 Å². The molecule has 2 unspecified atom stereocenters. The molecule has 0 heterocycles. The summed E-state index contributed by atoms with van der Waals surface area (Å²) in [6.07, 6.45) is -1.06. The predicted molar refractivity (Wildman–Crippen MR) is 69.0 cm³/mol. The van der Waals surface area contributed by atoms with Crippen molar-refractivity contribution in [2.24, 2.45) is 17.2 Å². The van der Waals surface area contributed by atoms with Gasteiger partial charge in [0.2, 0.25) is 6.29 Å². The van der Waals surface area contributed by atoms with Crippen molar-refractivity contribution in [2.75, 3.05) is 6.61 Å². The molecule has 0 aromatic heterocycles. The quantitative estimate of drug-likeness (QED) is 0.156. The first kappa shape index (κ1) is 18.7. The summed E-state index contributed by atoms with van der Waals surface area (Å²) in [5.41, 5.74) is 12.8. The molecule has 118 valence electrons. The Morgan fingerprint density at radius 2 is 1.80 bits per heavy atom. The number of carboxylic acids is 1. The standard InChI is InChI=1S/C11H23N3O6/c1-10(12,6-15)9(19)20-7(16)4-2-3-5-11(13,14)8(17)18/h9,15,19H,2-6,12-14H2,1H3,(H,17,18). The zero-order chi connectivity index (χ0) is 16.0. The summed E-state index contributed by atoms with van der Waals surface area (Å²) in [6, 6.07) is 0. The van der Waals surface area contributed by atoms with Gasteiger partial charge in [0.05, 0.1) is 12.1 Å². The number of rotatable bonds is 9. The highest BCUT2D eigenvalue weighted by Gasteiger charge is 2.31. The van der Waals surface area contributed by atoms with Crippen molar-refractivity contribution in [1.82, 2.24) is 0 Å². The minimum Gasteiger partial charge on any atom is -0.479 e. The molecule has 0 bridgehead atoms. The van der Waals surface area contributed by atoms with Crippen LogP contribution < -0.4 is 17.2 Å². The second-order valence-corrected chi connectivity index (χ2v) is 5.06. The molecule has 20 heavy (non-hydrogen) atoms. The van der Waals surface area contributed by atoms with Crippen LogP contribution in [0.3, 0.4) is 0 Å². The number of carbonyl (C=O) groups is 2. The molecular formula is C11H23N3O6. The summed E-state index contributed by atoms with van der Waals surface area (Å²) in [4.78, 5) is 22.0. The molecule has 0 saturated heterocycles. The number of hydrogen-bond acceptors (Lipinski definition) is 8. The third-order valence-corrected chi connectivity index (χ3v) is 2.77. The first-order valence-electron chi connectivity index (χ1n) is 6.11. The van der Waals surface area contributed by atoms with Crippen LogP contribution in [0.25, 0.3) is 0 Å². The van der Waals surface area contributed by atoms with E-state index < -0.39 is 36.0 Å². The highest BCUT2D eigenvalue weighted by molar-refractivity contribution is 5.77. The molecule has 0 radical (unpaired) electrons. The summed E-state index contributed by atoms with van der Waals surface area (Å²) >= 11 is 0. The van der Waals surface area contributed by atoms with Crippen molar-refractivity contribution in [2.45, 2.75) is 50.1 Å². The number of hydrogen-bond donors (Lipinski definition) is 6. The van der Waals surface area contributed by atoms with Crippen LogP contribution in [0, 0.1) is 0 Å². The Labute approximate surface area is 116 Å². The van der Waals surface area contributed by atoms with Crippen molar-refractivity contribution in [1.29, 1.82) is 0 Å². The van der Waals surface area contributed by atoms with Gasteiger partial charge in [-0.15, -0.1) is 0 Å². The molecule has 9 nitrogen and oxygen atoms in total. The second kappa shape index (κ2) is 7.50. The van der Waals surface area contributed by atoms with E-state index >= 15 is 0 Å². The Bertz CT molecular complexity index is 345. The maximum atomic E-state index is 11.4. The van der Waals surface area contributed by atoms with E-state index in [2.05, 4.69) is 4.74 Å². The first-order chi connectivity index (χ1) is 9.03. The third-order valence-electron chi connectivity index (χ3n) is 2.77. The Balaban J connectivity index is 3.99. The van der Waals surface area contributed by atoms with Crippen LogP contribution in [0.2, 0.25) is 0 Å². The molecule has 0 aliphatic carbocycles. The van der Waals surface area contributed by atoms with Crippen LogP contribution in [0.1, 0.15) is 32.6 Å². The van der Waals surface area contributed by atoms with Gasteiger partial charge in [0.25, 0.3) is 0 Å². The fourth-order valence-corrected chi connectivity index (χ4v) is 1.19. The van der Waals surface area contributed by atoms with Crippen LogP contribution in [0.4, 0.5) is 0 Å². The maximum absolute atomic E-state index is 11.4. The normalized spacial score (nSPS) is 16.3. The molecule has 0 aromatic carbocycles. The number of ether oxygens (including phenoxy) is 1. The summed E-state index contributed by atoms with van der Waals surface area (Å²) in [5.74, 6) is -2.03. The van der Waals surface area contributed by atoms with E-state index in [1.807, 2.05) is 0 Å². The number of carboxylic acid groups (broad SMARTS) is 1. The fourth-order valence-electron chi connectivity index (χ4n) is 1.19. The summed E-state index contributed by atoms with van der Waals surface area (Å²) in [6.45, 7) is 0.776. The fraction of sp³-hybridized carbons (Fsp3) is 0.818. The van der Waals surface area contributed by atoms with Crippen LogP contribution in [0.15, 0.2) is 0 Å². The van der Waals surface area contributed by atoms with E-state index in [0.717, 1.165) is 0 Å². The molecule has 0 spiro atoms. The van der Waals surface area contributed by atoms with Gasteiger partial charge in [-0.1, -0.05) is 0 Å². The number of aliphatic carboxylic acids is 1. The number of aliphatic hydroxyl groups is 2. The lowest BCUT2D eigenvalue weighted by molar-refractivity contribution is -0.181. The van der Waals surface area contributed by atoms with Gasteiger partial charge in [0.15, 0.2) is 5.66 Å². The van der Waals surface area contributed by atoms with Crippen LogP contribution in [-0.2, 0) is 14.3 Å². The second-order valence-electron chi connectivity index (χ2n) is 5.06. The lowest BCUT2D eigenvalue weighted by Crippen LogP contribution is -2.56. The Morgan fingerprint density at radius 1 is 1.25 bits per heavy atom. The topological polar surface area (TPSA) is 182 Å². The van der Waals surface area contributed by atoms with Crippen molar-refractivity contribution in [3.8, 4) is 0 Å². The van der Waals surface area contributed by atoms with Crippen LogP contribution >= 0.6 is 0 Å². The molecule has 0 saturated carbocycles. The number of nitrogens with two attached hydrogens (primary N) is 3. The number of carbonyl (C=O) groups excluding carboxylic acids is 1. The predicted octanol–water partition coefficient (Wildman–Crippen LogP) is -2.18. The maximum Gasteiger partial charge on any atom is 0.338 e. The Morgan fingerprint density at radius 3 is 2.25 bits per heavy atom. The largest absolute Gasteiger partial charge is 0.479 e. The van der Waals surface area contributed by atoms with Gasteiger partial charge < -0.3 is 37.3 Å². The zero-order valence-electron chi connectivity index (χ0n) is 11.4. The highest BCUT2D eigenvalue weighted by Crippen LogP contribution is 2.11. The van der Waals surface area contributed by atoms with E-state index in [0.29, 0.717) is 12.8 Å². The van der Waals surface area contributed by atoms with E-state index in [1.54, 1.807) is 0 Å². The summed E-state index contributed by atoms with van der Waals surface area (Å²) in [5, 5.41) is 27.0. The Hall–Kier alpha value is -1.26. The molecule has 9 N–H and O–H groups in total. The van der Waals surface area contributed by atoms with Gasteiger partial charge in [-0.05, 0) is 26.2 Å². The molecule has 0 amide bonds. The Kier molecular flexibility index (Phi) is 7.03.